The summed E-state index contributed by atoms with van der Waals surface area (Å²) in [5, 5.41) is 0. The maximum atomic E-state index is 11.1. The van der Waals surface area contributed by atoms with E-state index in [1.54, 1.807) is 0 Å². The highest BCUT2D eigenvalue weighted by molar-refractivity contribution is 5.92. The smallest absolute Gasteiger partial charge is 0.156 e. The van der Waals surface area contributed by atoms with Crippen LogP contribution in [0.25, 0.3) is 0 Å². The maximum absolute atomic E-state index is 11.1. The minimum Gasteiger partial charge on any atom is -0.295 e. The second-order valence-electron chi connectivity index (χ2n) is 3.93. The fourth-order valence-electron chi connectivity index (χ4n) is 2.16. The quantitative estimate of drug-likeness (QED) is 0.498. The molecular formula is C9H12O. The summed E-state index contributed by atoms with van der Waals surface area (Å²) >= 11 is 0. The zero-order valence-electron chi connectivity index (χ0n) is 6.31. The molecular weight excluding hydrogens is 124 g/mol. The van der Waals surface area contributed by atoms with Gasteiger partial charge in [-0.05, 0) is 30.8 Å². The Hall–Kier alpha value is -0.590. The van der Waals surface area contributed by atoms with E-state index < -0.39 is 0 Å². The van der Waals surface area contributed by atoms with E-state index in [1.807, 2.05) is 6.08 Å². The lowest BCUT2D eigenvalue weighted by atomic mass is 9.80. The van der Waals surface area contributed by atoms with E-state index in [4.69, 9.17) is 0 Å². The predicted octanol–water partition coefficient (Wildman–Crippen LogP) is 2.08. The van der Waals surface area contributed by atoms with Crippen molar-refractivity contribution in [1.29, 1.82) is 0 Å². The Balaban J connectivity index is 2.36. The lowest BCUT2D eigenvalue weighted by Crippen LogP contribution is -2.18. The molecule has 1 atom stereocenters. The first-order valence-electron chi connectivity index (χ1n) is 3.90. The molecule has 1 heteroatoms. The number of carbonyl (C=O) groups is 1. The van der Waals surface area contributed by atoms with Crippen molar-refractivity contribution in [2.24, 2.45) is 5.41 Å². The van der Waals surface area contributed by atoms with E-state index in [9.17, 15) is 4.79 Å². The SMILES string of the molecule is CC12CCC(=CC(=O)C1)C2. The van der Waals surface area contributed by atoms with Crippen molar-refractivity contribution in [3.63, 3.8) is 0 Å². The first-order valence-corrected chi connectivity index (χ1v) is 3.90. The van der Waals surface area contributed by atoms with Gasteiger partial charge in [-0.1, -0.05) is 12.5 Å². The molecule has 10 heavy (non-hydrogen) atoms. The zero-order chi connectivity index (χ0) is 7.19. The van der Waals surface area contributed by atoms with E-state index in [-0.39, 0.29) is 0 Å². The van der Waals surface area contributed by atoms with Gasteiger partial charge in [0.05, 0.1) is 0 Å². The number of allylic oxidation sites excluding steroid dienone is 2. The molecule has 2 rings (SSSR count). The van der Waals surface area contributed by atoms with Crippen LogP contribution in [0.1, 0.15) is 32.6 Å². The van der Waals surface area contributed by atoms with Gasteiger partial charge in [0.15, 0.2) is 5.78 Å². The van der Waals surface area contributed by atoms with Gasteiger partial charge in [0.25, 0.3) is 0 Å². The lowest BCUT2D eigenvalue weighted by molar-refractivity contribution is -0.116. The highest BCUT2D eigenvalue weighted by Gasteiger charge is 2.36. The van der Waals surface area contributed by atoms with Crippen molar-refractivity contribution in [2.75, 3.05) is 0 Å². The largest absolute Gasteiger partial charge is 0.295 e. The Kier molecular flexibility index (Phi) is 1.05. The molecule has 0 aromatic rings. The molecule has 1 unspecified atom stereocenters. The molecule has 0 aromatic carbocycles. The molecule has 0 spiro atoms. The Morgan fingerprint density at radius 1 is 1.50 bits per heavy atom. The van der Waals surface area contributed by atoms with Gasteiger partial charge < -0.3 is 0 Å². The molecule has 1 fully saturated rings. The van der Waals surface area contributed by atoms with Crippen molar-refractivity contribution in [3.8, 4) is 0 Å². The molecule has 0 saturated heterocycles. The second kappa shape index (κ2) is 1.71. The van der Waals surface area contributed by atoms with Crippen LogP contribution in [0, 0.1) is 5.41 Å². The monoisotopic (exact) mass is 136 g/mol. The minimum atomic E-state index is 0.348. The molecule has 0 heterocycles. The summed E-state index contributed by atoms with van der Waals surface area (Å²) < 4.78 is 0. The summed E-state index contributed by atoms with van der Waals surface area (Å²) in [6.07, 6.45) is 6.22. The van der Waals surface area contributed by atoms with E-state index in [2.05, 4.69) is 6.92 Å². The molecule has 2 aliphatic rings. The van der Waals surface area contributed by atoms with Gasteiger partial charge in [0, 0.05) is 6.42 Å². The Morgan fingerprint density at radius 2 is 2.30 bits per heavy atom. The molecule has 0 aromatic heterocycles. The van der Waals surface area contributed by atoms with Crippen molar-refractivity contribution >= 4 is 5.78 Å². The van der Waals surface area contributed by atoms with Gasteiger partial charge in [0.2, 0.25) is 0 Å². The fraction of sp³-hybridized carbons (Fsp3) is 0.667. The van der Waals surface area contributed by atoms with Crippen LogP contribution < -0.4 is 0 Å². The minimum absolute atomic E-state index is 0.348. The van der Waals surface area contributed by atoms with Crippen molar-refractivity contribution in [1.82, 2.24) is 0 Å². The molecule has 0 N–H and O–H groups in total. The average molecular weight is 136 g/mol. The topological polar surface area (TPSA) is 17.1 Å². The standard InChI is InChI=1S/C9H12O/c1-9-3-2-7(5-9)4-8(10)6-9/h4H,2-3,5-6H2,1H3. The molecule has 0 radical (unpaired) electrons. The fourth-order valence-corrected chi connectivity index (χ4v) is 2.16. The number of rotatable bonds is 0. The van der Waals surface area contributed by atoms with Gasteiger partial charge in [-0.2, -0.15) is 0 Å². The summed E-state index contributed by atoms with van der Waals surface area (Å²) in [4.78, 5) is 11.1. The summed E-state index contributed by atoms with van der Waals surface area (Å²) in [6.45, 7) is 2.23. The normalized spacial score (nSPS) is 38.1. The number of ketones is 1. The Morgan fingerprint density at radius 3 is 3.00 bits per heavy atom. The van der Waals surface area contributed by atoms with Crippen molar-refractivity contribution in [3.05, 3.63) is 11.6 Å². The van der Waals surface area contributed by atoms with Gasteiger partial charge in [-0.15, -0.1) is 0 Å². The molecule has 1 saturated carbocycles. The Bertz CT molecular complexity index is 211. The van der Waals surface area contributed by atoms with E-state index in [0.29, 0.717) is 11.2 Å². The van der Waals surface area contributed by atoms with Crippen LogP contribution >= 0.6 is 0 Å². The van der Waals surface area contributed by atoms with Crippen LogP contribution in [0.5, 0.6) is 0 Å². The third-order valence-electron chi connectivity index (χ3n) is 2.67. The molecule has 1 nitrogen and oxygen atoms in total. The molecule has 0 amide bonds. The van der Waals surface area contributed by atoms with Gasteiger partial charge >= 0.3 is 0 Å². The average Bonchev–Trinajstić information content (AvgIpc) is 2.06. The third kappa shape index (κ3) is 0.808. The van der Waals surface area contributed by atoms with Crippen LogP contribution in [0.4, 0.5) is 0 Å². The second-order valence-corrected chi connectivity index (χ2v) is 3.93. The highest BCUT2D eigenvalue weighted by Crippen LogP contribution is 2.46. The number of fused-ring (bicyclic) bond motifs is 2. The molecule has 2 aliphatic carbocycles. The summed E-state index contributed by atoms with van der Waals surface area (Å²) in [6, 6.07) is 0. The first-order chi connectivity index (χ1) is 4.68. The number of hydrogen-bond donors (Lipinski definition) is 0. The predicted molar refractivity (Wildman–Crippen MR) is 39.7 cm³/mol. The molecule has 0 aliphatic heterocycles. The lowest BCUT2D eigenvalue weighted by Gasteiger charge is -2.23. The zero-order valence-corrected chi connectivity index (χ0v) is 6.31. The van der Waals surface area contributed by atoms with Crippen LogP contribution in [0.15, 0.2) is 11.6 Å². The summed E-state index contributed by atoms with van der Waals surface area (Å²) in [5.74, 6) is 0.348. The van der Waals surface area contributed by atoms with Crippen LogP contribution in [0.2, 0.25) is 0 Å². The van der Waals surface area contributed by atoms with Crippen LogP contribution in [-0.4, -0.2) is 5.78 Å². The van der Waals surface area contributed by atoms with Gasteiger partial charge in [0.1, 0.15) is 0 Å². The Labute approximate surface area is 61.1 Å². The van der Waals surface area contributed by atoms with Gasteiger partial charge in [-0.25, -0.2) is 0 Å². The maximum Gasteiger partial charge on any atom is 0.156 e. The van der Waals surface area contributed by atoms with E-state index in [0.717, 1.165) is 6.42 Å². The van der Waals surface area contributed by atoms with Gasteiger partial charge in [-0.3, -0.25) is 4.79 Å². The third-order valence-corrected chi connectivity index (χ3v) is 2.67. The van der Waals surface area contributed by atoms with Crippen LogP contribution in [0.3, 0.4) is 0 Å². The summed E-state index contributed by atoms with van der Waals surface area (Å²) in [7, 11) is 0. The molecule has 54 valence electrons. The first kappa shape index (κ1) is 6.14. The molecule has 2 bridgehead atoms. The number of hydrogen-bond acceptors (Lipinski definition) is 1. The van der Waals surface area contributed by atoms with Crippen molar-refractivity contribution in [2.45, 2.75) is 32.6 Å². The van der Waals surface area contributed by atoms with E-state index >= 15 is 0 Å². The van der Waals surface area contributed by atoms with E-state index in [1.165, 1.54) is 24.8 Å². The summed E-state index contributed by atoms with van der Waals surface area (Å²) in [5.41, 5.74) is 1.74. The van der Waals surface area contributed by atoms with Crippen LogP contribution in [-0.2, 0) is 4.79 Å². The van der Waals surface area contributed by atoms with Crippen molar-refractivity contribution < 1.29 is 4.79 Å². The number of carbonyl (C=O) groups excluding carboxylic acids is 1. The highest BCUT2D eigenvalue weighted by atomic mass is 16.1.